The van der Waals surface area contributed by atoms with Gasteiger partial charge in [0.1, 0.15) is 12.3 Å². The van der Waals surface area contributed by atoms with Gasteiger partial charge in [0, 0.05) is 6.04 Å². The molecular weight excluding hydrogens is 372 g/mol. The van der Waals surface area contributed by atoms with Crippen molar-refractivity contribution in [2.45, 2.75) is 103 Å². The van der Waals surface area contributed by atoms with Crippen molar-refractivity contribution in [1.29, 1.82) is 0 Å². The molecule has 0 bridgehead atoms. The largest absolute Gasteiger partial charge is 0.449 e. The fourth-order valence-electron chi connectivity index (χ4n) is 3.02. The zero-order valence-corrected chi connectivity index (χ0v) is 18.6. The Balaban J connectivity index is 4.73. The van der Waals surface area contributed by atoms with Gasteiger partial charge >= 0.3 is 6.09 Å². The molecule has 0 aromatic carbocycles. The number of carbonyl (C=O) groups excluding carboxylic acids is 2. The molecule has 2 amide bonds. The molecule has 9 nitrogen and oxygen atoms in total. The number of nitrogens with two attached hydrogens (primary N) is 2. The molecule has 9 heteroatoms. The third kappa shape index (κ3) is 16.1. The number of ether oxygens (including phenoxy) is 1. The highest BCUT2D eigenvalue weighted by atomic mass is 16.5. The summed E-state index contributed by atoms with van der Waals surface area (Å²) in [6.07, 6.45) is 8.84. The normalized spacial score (nSPS) is 13.2. The summed E-state index contributed by atoms with van der Waals surface area (Å²) in [6.45, 7) is 6.91. The van der Waals surface area contributed by atoms with E-state index in [1.165, 1.54) is 19.3 Å². The Kier molecular flexibility index (Phi) is 17.7. The molecule has 0 aliphatic carbocycles. The Morgan fingerprint density at radius 2 is 1.59 bits per heavy atom. The molecule has 172 valence electrons. The van der Waals surface area contributed by atoms with Crippen molar-refractivity contribution in [3.63, 3.8) is 0 Å². The maximum absolute atomic E-state index is 12.9. The zero-order valence-electron chi connectivity index (χ0n) is 18.6. The lowest BCUT2D eigenvalue weighted by Gasteiger charge is -2.24. The van der Waals surface area contributed by atoms with Crippen molar-refractivity contribution in [3.8, 4) is 0 Å². The van der Waals surface area contributed by atoms with Gasteiger partial charge in [-0.15, -0.1) is 0 Å². The lowest BCUT2D eigenvalue weighted by Crippen LogP contribution is -2.54. The van der Waals surface area contributed by atoms with Crippen LogP contribution in [0.1, 0.15) is 85.0 Å². The second kappa shape index (κ2) is 18.6. The standard InChI is InChI=1S/C20H44N6O3/c1-4-7-9-10-13-16(12-8-5-2)24-18(27)17(14-11-15-23-19(21)22)25-26-20(28)29-6-3/h16-17,19,23,25H,4-15,21-22H2,1-3H3,(H,24,27)(H,26,28)/t16?,17-/m0/s1. The number of unbranched alkanes of at least 4 members (excludes halogenated alkanes) is 4. The number of hydrogen-bond acceptors (Lipinski definition) is 7. The molecule has 8 N–H and O–H groups in total. The van der Waals surface area contributed by atoms with Crippen LogP contribution in [0.4, 0.5) is 4.79 Å². The quantitative estimate of drug-likeness (QED) is 0.114. The van der Waals surface area contributed by atoms with Crippen LogP contribution in [0.2, 0.25) is 0 Å². The Morgan fingerprint density at radius 3 is 2.21 bits per heavy atom. The van der Waals surface area contributed by atoms with Crippen molar-refractivity contribution in [2.75, 3.05) is 13.2 Å². The second-order valence-corrected chi connectivity index (χ2v) is 7.36. The monoisotopic (exact) mass is 416 g/mol. The van der Waals surface area contributed by atoms with E-state index < -0.39 is 18.4 Å². The average Bonchev–Trinajstić information content (AvgIpc) is 2.68. The molecule has 0 rings (SSSR count). The molecular formula is C20H44N6O3. The molecule has 0 aromatic heterocycles. The molecule has 0 spiro atoms. The van der Waals surface area contributed by atoms with Gasteiger partial charge in [-0.3, -0.25) is 15.5 Å². The molecule has 0 fully saturated rings. The Morgan fingerprint density at radius 1 is 0.897 bits per heavy atom. The maximum Gasteiger partial charge on any atom is 0.421 e. The predicted octanol–water partition coefficient (Wildman–Crippen LogP) is 1.82. The summed E-state index contributed by atoms with van der Waals surface area (Å²) in [7, 11) is 0. The molecule has 0 saturated heterocycles. The van der Waals surface area contributed by atoms with Crippen molar-refractivity contribution in [2.24, 2.45) is 11.5 Å². The zero-order chi connectivity index (χ0) is 21.9. The van der Waals surface area contributed by atoms with E-state index in [-0.39, 0.29) is 18.6 Å². The SMILES string of the molecule is CCCCCCC(CCCC)NC(=O)[C@H](CCCNC(N)N)NNC(=O)OCC. The smallest absolute Gasteiger partial charge is 0.421 e. The first-order valence-corrected chi connectivity index (χ1v) is 11.2. The minimum Gasteiger partial charge on any atom is -0.449 e. The van der Waals surface area contributed by atoms with Gasteiger partial charge in [0.25, 0.3) is 0 Å². The Bertz CT molecular complexity index is 423. The van der Waals surface area contributed by atoms with Crippen molar-refractivity contribution in [1.82, 2.24) is 21.5 Å². The molecule has 0 aromatic rings. The van der Waals surface area contributed by atoms with Crippen molar-refractivity contribution in [3.05, 3.63) is 0 Å². The lowest BCUT2D eigenvalue weighted by atomic mass is 10.0. The number of hydrazine groups is 1. The van der Waals surface area contributed by atoms with E-state index >= 15 is 0 Å². The summed E-state index contributed by atoms with van der Waals surface area (Å²) in [4.78, 5) is 24.5. The van der Waals surface area contributed by atoms with Crippen LogP contribution in [0.15, 0.2) is 0 Å². The minimum absolute atomic E-state index is 0.115. The van der Waals surface area contributed by atoms with Crippen LogP contribution >= 0.6 is 0 Å². The molecule has 0 heterocycles. The summed E-state index contributed by atoms with van der Waals surface area (Å²) >= 11 is 0. The third-order valence-corrected chi connectivity index (χ3v) is 4.65. The van der Waals surface area contributed by atoms with Crippen LogP contribution in [0.25, 0.3) is 0 Å². The third-order valence-electron chi connectivity index (χ3n) is 4.65. The second-order valence-electron chi connectivity index (χ2n) is 7.36. The van der Waals surface area contributed by atoms with Crippen LogP contribution in [0, 0.1) is 0 Å². The van der Waals surface area contributed by atoms with Gasteiger partial charge in [-0.2, -0.15) is 0 Å². The Hall–Kier alpha value is -1.42. The highest BCUT2D eigenvalue weighted by Crippen LogP contribution is 2.11. The summed E-state index contributed by atoms with van der Waals surface area (Å²) in [5, 5.41) is 6.09. The highest BCUT2D eigenvalue weighted by Gasteiger charge is 2.22. The summed E-state index contributed by atoms with van der Waals surface area (Å²) in [5.41, 5.74) is 16.2. The van der Waals surface area contributed by atoms with Crippen molar-refractivity contribution < 1.29 is 14.3 Å². The van der Waals surface area contributed by atoms with E-state index in [9.17, 15) is 9.59 Å². The topological polar surface area (TPSA) is 144 Å². The molecule has 1 unspecified atom stereocenters. The number of rotatable bonds is 18. The van der Waals surface area contributed by atoms with Crippen LogP contribution in [-0.2, 0) is 9.53 Å². The summed E-state index contributed by atoms with van der Waals surface area (Å²) in [5.74, 6) is -0.115. The molecule has 0 saturated carbocycles. The van der Waals surface area contributed by atoms with Gasteiger partial charge < -0.3 is 21.5 Å². The number of amides is 2. The first-order valence-electron chi connectivity index (χ1n) is 11.2. The van der Waals surface area contributed by atoms with Crippen LogP contribution in [0.3, 0.4) is 0 Å². The van der Waals surface area contributed by atoms with Gasteiger partial charge in [0.15, 0.2) is 0 Å². The van der Waals surface area contributed by atoms with E-state index in [0.29, 0.717) is 19.4 Å². The van der Waals surface area contributed by atoms with E-state index in [0.717, 1.165) is 32.1 Å². The molecule has 2 atom stereocenters. The van der Waals surface area contributed by atoms with Crippen molar-refractivity contribution >= 4 is 12.0 Å². The van der Waals surface area contributed by atoms with Gasteiger partial charge in [-0.05, 0) is 39.2 Å². The van der Waals surface area contributed by atoms with Gasteiger partial charge in [0.05, 0.1) is 6.61 Å². The van der Waals surface area contributed by atoms with Crippen LogP contribution in [-0.4, -0.2) is 43.5 Å². The number of nitrogens with one attached hydrogen (secondary N) is 4. The van der Waals surface area contributed by atoms with Gasteiger partial charge in [-0.25, -0.2) is 10.2 Å². The first-order chi connectivity index (χ1) is 13.9. The number of carbonyl (C=O) groups is 2. The van der Waals surface area contributed by atoms with Gasteiger partial charge in [-0.1, -0.05) is 52.4 Å². The van der Waals surface area contributed by atoms with Crippen LogP contribution < -0.4 is 33.0 Å². The first kappa shape index (κ1) is 27.6. The highest BCUT2D eigenvalue weighted by molar-refractivity contribution is 5.82. The van der Waals surface area contributed by atoms with E-state index in [2.05, 4.69) is 35.3 Å². The molecule has 0 aliphatic heterocycles. The van der Waals surface area contributed by atoms with E-state index in [1.54, 1.807) is 6.92 Å². The van der Waals surface area contributed by atoms with E-state index in [4.69, 9.17) is 16.2 Å². The summed E-state index contributed by atoms with van der Waals surface area (Å²) in [6, 6.07) is -0.406. The van der Waals surface area contributed by atoms with Gasteiger partial charge in [0.2, 0.25) is 5.91 Å². The average molecular weight is 417 g/mol. The minimum atomic E-state index is -0.602. The van der Waals surface area contributed by atoms with E-state index in [1.807, 2.05) is 0 Å². The molecule has 0 radical (unpaired) electrons. The molecule has 0 aliphatic rings. The number of hydrogen-bond donors (Lipinski definition) is 6. The fraction of sp³-hybridized carbons (Fsp3) is 0.900. The Labute approximate surface area is 176 Å². The lowest BCUT2D eigenvalue weighted by molar-refractivity contribution is -0.124. The maximum atomic E-state index is 12.9. The summed E-state index contributed by atoms with van der Waals surface area (Å²) < 4.78 is 4.85. The van der Waals surface area contributed by atoms with Crippen LogP contribution in [0.5, 0.6) is 0 Å². The predicted molar refractivity (Wildman–Crippen MR) is 117 cm³/mol. The molecule has 29 heavy (non-hydrogen) atoms. The fourth-order valence-corrected chi connectivity index (χ4v) is 3.02.